The van der Waals surface area contributed by atoms with E-state index in [1.54, 1.807) is 37.4 Å². The number of aromatic nitrogens is 2. The van der Waals surface area contributed by atoms with Gasteiger partial charge in [-0.15, -0.1) is 0 Å². The number of pyridine rings is 2. The topological polar surface area (TPSA) is 96.9 Å². The maximum Gasteiger partial charge on any atom is 0.341 e. The van der Waals surface area contributed by atoms with Gasteiger partial charge in [-0.25, -0.2) is 14.2 Å². The Hall–Kier alpha value is -4.05. The first-order chi connectivity index (χ1) is 19.0. The van der Waals surface area contributed by atoms with Crippen molar-refractivity contribution in [2.45, 2.75) is 25.8 Å². The molecule has 10 heteroatoms. The van der Waals surface area contributed by atoms with E-state index in [0.29, 0.717) is 55.3 Å². The lowest BCUT2D eigenvalue weighted by Crippen LogP contribution is -2.45. The quantitative estimate of drug-likeness (QED) is 0.460. The zero-order valence-corrected chi connectivity index (χ0v) is 21.9. The number of carbonyl (C=O) groups is 2. The van der Waals surface area contributed by atoms with Gasteiger partial charge in [-0.05, 0) is 44.0 Å². The van der Waals surface area contributed by atoms with Crippen molar-refractivity contribution in [3.05, 3.63) is 71.8 Å². The van der Waals surface area contributed by atoms with E-state index in [-0.39, 0.29) is 23.7 Å². The maximum absolute atomic E-state index is 13.5. The van der Waals surface area contributed by atoms with Gasteiger partial charge in [0.1, 0.15) is 17.2 Å². The molecule has 2 aromatic heterocycles. The molecule has 1 aromatic carbocycles. The molecule has 2 aliphatic heterocycles. The molecule has 0 radical (unpaired) electrons. The Labute approximate surface area is 227 Å². The first-order valence-electron chi connectivity index (χ1n) is 13.3. The molecular weight excluding hydrogens is 501 g/mol. The van der Waals surface area contributed by atoms with Gasteiger partial charge < -0.3 is 24.6 Å². The average Bonchev–Trinajstić information content (AvgIpc) is 2.98. The molecule has 39 heavy (non-hydrogen) atoms. The first kappa shape index (κ1) is 26.6. The van der Waals surface area contributed by atoms with Crippen molar-refractivity contribution < 1.29 is 23.5 Å². The number of nitrogens with zero attached hydrogens (tertiary/aromatic N) is 4. The van der Waals surface area contributed by atoms with Crippen LogP contribution >= 0.6 is 0 Å². The van der Waals surface area contributed by atoms with Crippen LogP contribution in [0.5, 0.6) is 0 Å². The maximum atomic E-state index is 13.5. The number of benzene rings is 1. The number of hydrogen-bond donors (Lipinski definition) is 1. The molecule has 0 bridgehead atoms. The number of esters is 1. The number of piperidine rings is 1. The van der Waals surface area contributed by atoms with Gasteiger partial charge in [0, 0.05) is 56.2 Å². The molecule has 4 heterocycles. The first-order valence-corrected chi connectivity index (χ1v) is 13.3. The summed E-state index contributed by atoms with van der Waals surface area (Å²) in [5.41, 5.74) is 3.00. The molecule has 3 aromatic rings. The van der Waals surface area contributed by atoms with Gasteiger partial charge in [0.15, 0.2) is 0 Å². The Balaban J connectivity index is 1.21. The van der Waals surface area contributed by atoms with Crippen LogP contribution in [0.2, 0.25) is 0 Å². The summed E-state index contributed by atoms with van der Waals surface area (Å²) in [6.07, 6.45) is 4.64. The lowest BCUT2D eigenvalue weighted by Gasteiger charge is -2.35. The van der Waals surface area contributed by atoms with Gasteiger partial charge in [0.25, 0.3) is 5.91 Å². The summed E-state index contributed by atoms with van der Waals surface area (Å²) in [6, 6.07) is 11.6. The summed E-state index contributed by atoms with van der Waals surface area (Å²) < 4.78 is 24.3. The Morgan fingerprint density at radius 1 is 1.03 bits per heavy atom. The van der Waals surface area contributed by atoms with Gasteiger partial charge in [0.05, 0.1) is 36.8 Å². The number of anilines is 2. The van der Waals surface area contributed by atoms with Gasteiger partial charge in [-0.1, -0.05) is 12.1 Å². The molecule has 5 rings (SSSR count). The molecule has 0 saturated carbocycles. The van der Waals surface area contributed by atoms with Crippen LogP contribution in [0.25, 0.3) is 11.3 Å². The fraction of sp³-hybridized carbons (Fsp3) is 0.379. The predicted octanol–water partition coefficient (Wildman–Crippen LogP) is 3.69. The molecule has 1 N–H and O–H groups in total. The molecule has 2 fully saturated rings. The van der Waals surface area contributed by atoms with E-state index in [1.165, 1.54) is 18.3 Å². The van der Waals surface area contributed by atoms with Crippen LogP contribution in [0, 0.1) is 5.82 Å². The molecule has 0 atom stereocenters. The number of rotatable bonds is 7. The third-order valence-corrected chi connectivity index (χ3v) is 7.02. The highest BCUT2D eigenvalue weighted by atomic mass is 19.1. The third kappa shape index (κ3) is 6.34. The minimum absolute atomic E-state index is 0.0224. The highest BCUT2D eigenvalue weighted by Gasteiger charge is 2.26. The van der Waals surface area contributed by atoms with Gasteiger partial charge in [-0.3, -0.25) is 9.78 Å². The fourth-order valence-corrected chi connectivity index (χ4v) is 4.91. The molecule has 0 aliphatic carbocycles. The van der Waals surface area contributed by atoms with Gasteiger partial charge >= 0.3 is 5.97 Å². The van der Waals surface area contributed by atoms with Crippen molar-refractivity contribution in [3.8, 4) is 11.3 Å². The fourth-order valence-electron chi connectivity index (χ4n) is 4.91. The van der Waals surface area contributed by atoms with Crippen molar-refractivity contribution in [1.29, 1.82) is 0 Å². The number of ether oxygens (including phenoxy) is 2. The highest BCUT2D eigenvalue weighted by molar-refractivity contribution is 5.96. The number of morpholine rings is 1. The van der Waals surface area contributed by atoms with Crippen molar-refractivity contribution in [3.63, 3.8) is 0 Å². The van der Waals surface area contributed by atoms with Crippen LogP contribution in [-0.4, -0.2) is 73.9 Å². The van der Waals surface area contributed by atoms with Crippen LogP contribution in [0.3, 0.4) is 0 Å². The molecule has 2 aliphatic rings. The number of amides is 1. The number of nitrogens with one attached hydrogen (secondary N) is 1. The highest BCUT2D eigenvalue weighted by Crippen LogP contribution is 2.28. The van der Waals surface area contributed by atoms with E-state index in [9.17, 15) is 14.0 Å². The van der Waals surface area contributed by atoms with E-state index in [2.05, 4.69) is 25.1 Å². The summed E-state index contributed by atoms with van der Waals surface area (Å²) in [6.45, 7) is 6.13. The zero-order valence-electron chi connectivity index (χ0n) is 21.9. The lowest BCUT2D eigenvalue weighted by atomic mass is 10.0. The zero-order chi connectivity index (χ0) is 27.2. The Bertz CT molecular complexity index is 1310. The molecule has 1 amide bonds. The van der Waals surface area contributed by atoms with Crippen LogP contribution in [0.1, 0.15) is 40.5 Å². The predicted molar refractivity (Wildman–Crippen MR) is 146 cm³/mol. The minimum atomic E-state index is -0.377. The van der Waals surface area contributed by atoms with Crippen molar-refractivity contribution >= 4 is 23.4 Å². The summed E-state index contributed by atoms with van der Waals surface area (Å²) in [5, 5.41) is 3.11. The Kier molecular flexibility index (Phi) is 8.31. The largest absolute Gasteiger partial charge is 0.462 e. The van der Waals surface area contributed by atoms with E-state index in [1.807, 2.05) is 6.07 Å². The second-order valence-corrected chi connectivity index (χ2v) is 9.56. The summed E-state index contributed by atoms with van der Waals surface area (Å²) in [7, 11) is 0. The van der Waals surface area contributed by atoms with Crippen LogP contribution < -0.4 is 15.1 Å². The Morgan fingerprint density at radius 3 is 2.51 bits per heavy atom. The van der Waals surface area contributed by atoms with E-state index >= 15 is 0 Å². The van der Waals surface area contributed by atoms with Crippen LogP contribution in [0.15, 0.2) is 54.9 Å². The normalized spacial score (nSPS) is 16.2. The van der Waals surface area contributed by atoms with E-state index < -0.39 is 0 Å². The number of halogens is 1. The molecular formula is C29H32FN5O4. The SMILES string of the molecule is CCOC(=O)c1cnc(N2CCC(NC(=O)c3ccc(-c4cccc(F)c4)nc3)CC2)cc1N1CCOCC1. The van der Waals surface area contributed by atoms with E-state index in [4.69, 9.17) is 9.47 Å². The van der Waals surface area contributed by atoms with Crippen molar-refractivity contribution in [1.82, 2.24) is 15.3 Å². The summed E-state index contributed by atoms with van der Waals surface area (Å²) in [4.78, 5) is 38.7. The summed E-state index contributed by atoms with van der Waals surface area (Å²) >= 11 is 0. The number of hydrogen-bond acceptors (Lipinski definition) is 8. The minimum Gasteiger partial charge on any atom is -0.462 e. The molecule has 2 saturated heterocycles. The molecule has 0 unspecified atom stereocenters. The average molecular weight is 534 g/mol. The smallest absolute Gasteiger partial charge is 0.341 e. The monoisotopic (exact) mass is 533 g/mol. The van der Waals surface area contributed by atoms with Crippen molar-refractivity contribution in [2.75, 3.05) is 55.8 Å². The van der Waals surface area contributed by atoms with Gasteiger partial charge in [-0.2, -0.15) is 0 Å². The van der Waals surface area contributed by atoms with E-state index in [0.717, 1.165) is 37.4 Å². The second-order valence-electron chi connectivity index (χ2n) is 9.56. The lowest BCUT2D eigenvalue weighted by molar-refractivity contribution is 0.0525. The second kappa shape index (κ2) is 12.2. The van der Waals surface area contributed by atoms with Crippen molar-refractivity contribution in [2.24, 2.45) is 0 Å². The third-order valence-electron chi connectivity index (χ3n) is 7.02. The van der Waals surface area contributed by atoms with Gasteiger partial charge in [0.2, 0.25) is 0 Å². The Morgan fingerprint density at radius 2 is 1.82 bits per heavy atom. The summed E-state index contributed by atoms with van der Waals surface area (Å²) in [5.74, 6) is -0.0902. The standard InChI is InChI=1S/C29H32FN5O4/c1-2-39-29(37)24-19-32-27(17-26(24)34-12-14-38-15-13-34)35-10-8-23(9-11-35)33-28(36)21-6-7-25(31-18-21)20-4-3-5-22(30)16-20/h3-7,16-19,23H,2,8-15H2,1H3,(H,33,36). The molecule has 204 valence electrons. The number of carbonyl (C=O) groups excluding carboxylic acids is 2. The van der Waals surface area contributed by atoms with Crippen LogP contribution in [0.4, 0.5) is 15.9 Å². The van der Waals surface area contributed by atoms with Crippen LogP contribution in [-0.2, 0) is 9.47 Å². The molecule has 0 spiro atoms. The molecule has 9 nitrogen and oxygen atoms in total.